The van der Waals surface area contributed by atoms with Gasteiger partial charge in [0.25, 0.3) is 0 Å². The van der Waals surface area contributed by atoms with E-state index >= 15 is 0 Å². The molecule has 0 aromatic heterocycles. The number of piperidine rings is 1. The van der Waals surface area contributed by atoms with Gasteiger partial charge in [-0.2, -0.15) is 26.3 Å². The van der Waals surface area contributed by atoms with Crippen molar-refractivity contribution in [1.29, 1.82) is 0 Å². The van der Waals surface area contributed by atoms with Crippen molar-refractivity contribution in [3.05, 3.63) is 70.8 Å². The zero-order valence-electron chi connectivity index (χ0n) is 18.1. The minimum atomic E-state index is -4.84. The molecule has 0 radical (unpaired) electrons. The highest BCUT2D eigenvalue weighted by atomic mass is 19.4. The standard InChI is InChI=1S/C24H28F6N2/c1-3-21-13-20(14-22(32(21)2)11-16-7-5-4-6-8-16)31-15-17-9-18(23(25,26)27)12-19(10-17)24(28,29)30/h4-10,12,20-22,31H,3,11,13-15H2,1-2H3. The Morgan fingerprint density at radius 2 is 1.41 bits per heavy atom. The molecular formula is C24H28F6N2. The molecule has 1 heterocycles. The molecule has 176 valence electrons. The number of halogens is 6. The topological polar surface area (TPSA) is 15.3 Å². The van der Waals surface area contributed by atoms with Crippen molar-refractivity contribution in [2.45, 2.75) is 69.6 Å². The summed E-state index contributed by atoms with van der Waals surface area (Å²) in [5.41, 5.74) is -1.37. The number of hydrogen-bond donors (Lipinski definition) is 1. The molecule has 8 heteroatoms. The Balaban J connectivity index is 1.75. The quantitative estimate of drug-likeness (QED) is 0.511. The van der Waals surface area contributed by atoms with Gasteiger partial charge in [0.2, 0.25) is 0 Å². The molecule has 3 unspecified atom stereocenters. The molecule has 2 nitrogen and oxygen atoms in total. The lowest BCUT2D eigenvalue weighted by Gasteiger charge is -2.43. The maximum atomic E-state index is 13.1. The van der Waals surface area contributed by atoms with Gasteiger partial charge >= 0.3 is 12.4 Å². The lowest BCUT2D eigenvalue weighted by Crippen LogP contribution is -2.52. The second-order valence-corrected chi connectivity index (χ2v) is 8.53. The van der Waals surface area contributed by atoms with Crippen molar-refractivity contribution in [2.75, 3.05) is 7.05 Å². The summed E-state index contributed by atoms with van der Waals surface area (Å²) in [6, 6.07) is 12.4. The van der Waals surface area contributed by atoms with Crippen LogP contribution >= 0.6 is 0 Å². The van der Waals surface area contributed by atoms with Gasteiger partial charge in [-0.3, -0.25) is 0 Å². The number of nitrogens with one attached hydrogen (secondary N) is 1. The Labute approximate surface area is 184 Å². The maximum absolute atomic E-state index is 13.1. The highest BCUT2D eigenvalue weighted by Gasteiger charge is 2.37. The first-order chi connectivity index (χ1) is 15.0. The van der Waals surface area contributed by atoms with Crippen molar-refractivity contribution in [2.24, 2.45) is 0 Å². The van der Waals surface area contributed by atoms with Crippen LogP contribution in [0.25, 0.3) is 0 Å². The molecule has 1 fully saturated rings. The van der Waals surface area contributed by atoms with E-state index in [9.17, 15) is 26.3 Å². The van der Waals surface area contributed by atoms with E-state index in [4.69, 9.17) is 0 Å². The first-order valence-electron chi connectivity index (χ1n) is 10.7. The van der Waals surface area contributed by atoms with Crippen LogP contribution in [0.3, 0.4) is 0 Å². The second-order valence-electron chi connectivity index (χ2n) is 8.53. The molecule has 0 spiro atoms. The van der Waals surface area contributed by atoms with Gasteiger partial charge in [0.05, 0.1) is 11.1 Å². The number of nitrogens with zero attached hydrogens (tertiary/aromatic N) is 1. The van der Waals surface area contributed by atoms with E-state index in [1.807, 2.05) is 18.2 Å². The Morgan fingerprint density at radius 1 is 0.844 bits per heavy atom. The van der Waals surface area contributed by atoms with Crippen molar-refractivity contribution >= 4 is 0 Å². The molecule has 0 bridgehead atoms. The molecule has 1 aliphatic rings. The lowest BCUT2D eigenvalue weighted by molar-refractivity contribution is -0.143. The average molecular weight is 458 g/mol. The summed E-state index contributed by atoms with van der Waals surface area (Å²) >= 11 is 0. The van der Waals surface area contributed by atoms with Gasteiger partial charge in [-0.1, -0.05) is 37.3 Å². The molecule has 1 N–H and O–H groups in total. The molecule has 0 amide bonds. The van der Waals surface area contributed by atoms with E-state index in [2.05, 4.69) is 36.3 Å². The lowest BCUT2D eigenvalue weighted by atomic mass is 9.87. The van der Waals surface area contributed by atoms with Crippen LogP contribution in [0.1, 0.15) is 48.4 Å². The van der Waals surface area contributed by atoms with Gasteiger partial charge in [-0.05, 0) is 62.1 Å². The number of alkyl halides is 6. The van der Waals surface area contributed by atoms with Gasteiger partial charge in [-0.25, -0.2) is 0 Å². The molecule has 2 aromatic carbocycles. The molecule has 1 aliphatic heterocycles. The predicted octanol–water partition coefficient (Wildman–Crippen LogP) is 6.30. The number of benzene rings is 2. The zero-order valence-corrected chi connectivity index (χ0v) is 18.1. The van der Waals surface area contributed by atoms with Crippen LogP contribution in [0.4, 0.5) is 26.3 Å². The summed E-state index contributed by atoms with van der Waals surface area (Å²) in [5.74, 6) is 0. The Kier molecular flexibility index (Phi) is 7.55. The Bertz CT molecular complexity index is 846. The SMILES string of the molecule is CCC1CC(NCc2cc(C(F)(F)F)cc(C(F)(F)F)c2)CC(Cc2ccccc2)N1C. The monoisotopic (exact) mass is 458 g/mol. The molecule has 3 rings (SSSR count). The molecule has 2 aromatic rings. The predicted molar refractivity (Wildman–Crippen MR) is 112 cm³/mol. The van der Waals surface area contributed by atoms with E-state index in [0.29, 0.717) is 6.04 Å². The van der Waals surface area contributed by atoms with E-state index in [1.54, 1.807) is 0 Å². The van der Waals surface area contributed by atoms with Crippen LogP contribution in [-0.2, 0) is 25.3 Å². The van der Waals surface area contributed by atoms with E-state index in [0.717, 1.165) is 37.8 Å². The molecule has 1 saturated heterocycles. The average Bonchev–Trinajstić information content (AvgIpc) is 2.73. The summed E-state index contributed by atoms with van der Waals surface area (Å²) in [5, 5.41) is 3.23. The van der Waals surface area contributed by atoms with E-state index in [1.165, 1.54) is 5.56 Å². The van der Waals surface area contributed by atoms with Crippen LogP contribution in [0.15, 0.2) is 48.5 Å². The van der Waals surface area contributed by atoms with Crippen LogP contribution < -0.4 is 5.32 Å². The second kappa shape index (κ2) is 9.83. The van der Waals surface area contributed by atoms with Gasteiger partial charge in [-0.15, -0.1) is 0 Å². The van der Waals surface area contributed by atoms with Crippen LogP contribution in [-0.4, -0.2) is 30.1 Å². The number of likely N-dealkylation sites (tertiary alicyclic amines) is 1. The summed E-state index contributed by atoms with van der Waals surface area (Å²) in [4.78, 5) is 2.34. The fourth-order valence-electron chi connectivity index (χ4n) is 4.50. The van der Waals surface area contributed by atoms with Crippen LogP contribution in [0.2, 0.25) is 0 Å². The van der Waals surface area contributed by atoms with Crippen molar-refractivity contribution in [3.63, 3.8) is 0 Å². The number of likely N-dealkylation sites (N-methyl/N-ethyl adjacent to an activating group) is 1. The van der Waals surface area contributed by atoms with Crippen LogP contribution in [0, 0.1) is 0 Å². The van der Waals surface area contributed by atoms with Gasteiger partial charge in [0, 0.05) is 24.7 Å². The Morgan fingerprint density at radius 3 is 1.94 bits per heavy atom. The molecular weight excluding hydrogens is 430 g/mol. The van der Waals surface area contributed by atoms with Gasteiger partial charge < -0.3 is 10.2 Å². The van der Waals surface area contributed by atoms with E-state index in [-0.39, 0.29) is 30.3 Å². The van der Waals surface area contributed by atoms with Crippen molar-refractivity contribution in [1.82, 2.24) is 10.2 Å². The third kappa shape index (κ3) is 6.25. The van der Waals surface area contributed by atoms with Gasteiger partial charge in [0.15, 0.2) is 0 Å². The molecule has 0 aliphatic carbocycles. The van der Waals surface area contributed by atoms with E-state index < -0.39 is 23.5 Å². The number of rotatable bonds is 6. The van der Waals surface area contributed by atoms with Crippen molar-refractivity contribution < 1.29 is 26.3 Å². The molecule has 3 atom stereocenters. The highest BCUT2D eigenvalue weighted by Crippen LogP contribution is 2.36. The summed E-state index contributed by atoms with van der Waals surface area (Å²) in [6.45, 7) is 2.04. The third-order valence-corrected chi connectivity index (χ3v) is 6.29. The maximum Gasteiger partial charge on any atom is 0.416 e. The first kappa shape index (κ1) is 24.6. The zero-order chi connectivity index (χ0) is 23.5. The fraction of sp³-hybridized carbons (Fsp3) is 0.500. The largest absolute Gasteiger partial charge is 0.416 e. The third-order valence-electron chi connectivity index (χ3n) is 6.29. The van der Waals surface area contributed by atoms with Gasteiger partial charge in [0.1, 0.15) is 0 Å². The highest BCUT2D eigenvalue weighted by molar-refractivity contribution is 5.33. The summed E-state index contributed by atoms with van der Waals surface area (Å²) < 4.78 is 78.8. The number of hydrogen-bond acceptors (Lipinski definition) is 2. The fourth-order valence-corrected chi connectivity index (χ4v) is 4.50. The smallest absolute Gasteiger partial charge is 0.310 e. The minimum absolute atomic E-state index is 0.00809. The van der Waals surface area contributed by atoms with Crippen molar-refractivity contribution in [3.8, 4) is 0 Å². The minimum Gasteiger partial charge on any atom is -0.310 e. The summed E-state index contributed by atoms with van der Waals surface area (Å²) in [6.07, 6.45) is -6.35. The normalized spacial score (nSPS) is 22.8. The van der Waals surface area contributed by atoms with Crippen LogP contribution in [0.5, 0.6) is 0 Å². The first-order valence-corrected chi connectivity index (χ1v) is 10.7. The Hall–Kier alpha value is -2.06. The molecule has 0 saturated carbocycles. The molecule has 32 heavy (non-hydrogen) atoms. The summed E-state index contributed by atoms with van der Waals surface area (Å²) in [7, 11) is 2.08.